The molecular formula is C13H29NO3. The van der Waals surface area contributed by atoms with Gasteiger partial charge in [-0.2, -0.15) is 0 Å². The number of hydrogen-bond donors (Lipinski definition) is 1. The van der Waals surface area contributed by atoms with Crippen molar-refractivity contribution >= 4 is 0 Å². The zero-order valence-corrected chi connectivity index (χ0v) is 12.0. The molecule has 17 heavy (non-hydrogen) atoms. The maximum absolute atomic E-state index is 5.58. The normalized spacial score (nSPS) is 13.9. The van der Waals surface area contributed by atoms with Gasteiger partial charge in [0.1, 0.15) is 0 Å². The van der Waals surface area contributed by atoms with Crippen LogP contribution >= 0.6 is 0 Å². The van der Waals surface area contributed by atoms with E-state index in [0.717, 1.165) is 13.0 Å². The Balaban J connectivity index is 3.53. The number of hydrogen-bond acceptors (Lipinski definition) is 4. The molecular weight excluding hydrogens is 218 g/mol. The average molecular weight is 247 g/mol. The van der Waals surface area contributed by atoms with E-state index in [0.29, 0.717) is 26.4 Å². The Bertz CT molecular complexity index is 169. The second-order valence-electron chi connectivity index (χ2n) is 5.14. The van der Waals surface area contributed by atoms with E-state index in [9.17, 15) is 0 Å². The summed E-state index contributed by atoms with van der Waals surface area (Å²) in [5.74, 6) is 0. The summed E-state index contributed by atoms with van der Waals surface area (Å²) >= 11 is 0. The molecule has 0 aliphatic heterocycles. The lowest BCUT2D eigenvalue weighted by atomic mass is 10.2. The number of ether oxygens (including phenoxy) is 3. The van der Waals surface area contributed by atoms with E-state index in [1.54, 1.807) is 7.11 Å². The minimum absolute atomic E-state index is 0.0875. The molecule has 0 aliphatic carbocycles. The van der Waals surface area contributed by atoms with Gasteiger partial charge in [0, 0.05) is 7.11 Å². The summed E-state index contributed by atoms with van der Waals surface area (Å²) in [4.78, 5) is 0. The number of nitrogens with one attached hydrogen (secondary N) is 1. The summed E-state index contributed by atoms with van der Waals surface area (Å²) in [6.45, 7) is 11.9. The minimum Gasteiger partial charge on any atom is -0.383 e. The Hall–Kier alpha value is -0.160. The summed E-state index contributed by atoms with van der Waals surface area (Å²) in [5.41, 5.74) is -0.0875. The molecule has 0 aromatic heterocycles. The van der Waals surface area contributed by atoms with Gasteiger partial charge >= 0.3 is 0 Å². The first-order valence-electron chi connectivity index (χ1n) is 6.43. The molecule has 1 unspecified atom stereocenters. The maximum Gasteiger partial charge on any atom is 0.0707 e. The molecule has 0 saturated carbocycles. The van der Waals surface area contributed by atoms with Crippen LogP contribution in [0.4, 0.5) is 0 Å². The number of rotatable bonds is 10. The Labute approximate surface area is 106 Å². The molecule has 104 valence electrons. The van der Waals surface area contributed by atoms with Crippen LogP contribution in [0.15, 0.2) is 0 Å². The zero-order chi connectivity index (χ0) is 13.1. The van der Waals surface area contributed by atoms with E-state index in [-0.39, 0.29) is 11.6 Å². The Kier molecular flexibility index (Phi) is 9.74. The second-order valence-corrected chi connectivity index (χ2v) is 5.14. The SMILES string of the molecule is CCCNC(COC)COCCOC(C)(C)C. The van der Waals surface area contributed by atoms with Crippen molar-refractivity contribution in [1.82, 2.24) is 5.32 Å². The van der Waals surface area contributed by atoms with Gasteiger partial charge in [-0.3, -0.25) is 0 Å². The van der Waals surface area contributed by atoms with Crippen molar-refractivity contribution in [3.05, 3.63) is 0 Å². The smallest absolute Gasteiger partial charge is 0.0707 e. The molecule has 1 atom stereocenters. The van der Waals surface area contributed by atoms with E-state index in [4.69, 9.17) is 14.2 Å². The van der Waals surface area contributed by atoms with E-state index in [2.05, 4.69) is 12.2 Å². The third kappa shape index (κ3) is 12.1. The van der Waals surface area contributed by atoms with Crippen molar-refractivity contribution in [2.45, 2.75) is 45.8 Å². The van der Waals surface area contributed by atoms with Crippen LogP contribution in [0.2, 0.25) is 0 Å². The molecule has 0 aromatic rings. The third-order valence-corrected chi connectivity index (χ3v) is 2.13. The minimum atomic E-state index is -0.0875. The molecule has 4 heteroatoms. The molecule has 0 rings (SSSR count). The Morgan fingerprint density at radius 3 is 2.35 bits per heavy atom. The van der Waals surface area contributed by atoms with Gasteiger partial charge in [-0.1, -0.05) is 6.92 Å². The predicted molar refractivity (Wildman–Crippen MR) is 70.5 cm³/mol. The van der Waals surface area contributed by atoms with Crippen molar-refractivity contribution in [1.29, 1.82) is 0 Å². The highest BCUT2D eigenvalue weighted by Gasteiger charge is 2.10. The summed E-state index contributed by atoms with van der Waals surface area (Å²) < 4.78 is 16.3. The van der Waals surface area contributed by atoms with E-state index < -0.39 is 0 Å². The lowest BCUT2D eigenvalue weighted by molar-refractivity contribution is -0.0396. The van der Waals surface area contributed by atoms with Crippen molar-refractivity contribution in [3.8, 4) is 0 Å². The molecule has 0 radical (unpaired) electrons. The molecule has 4 nitrogen and oxygen atoms in total. The van der Waals surface area contributed by atoms with E-state index >= 15 is 0 Å². The lowest BCUT2D eigenvalue weighted by Crippen LogP contribution is -2.38. The first kappa shape index (κ1) is 16.8. The van der Waals surface area contributed by atoms with E-state index in [1.807, 2.05) is 20.8 Å². The van der Waals surface area contributed by atoms with Gasteiger partial charge in [-0.05, 0) is 33.7 Å². The Morgan fingerprint density at radius 1 is 1.12 bits per heavy atom. The lowest BCUT2D eigenvalue weighted by Gasteiger charge is -2.21. The van der Waals surface area contributed by atoms with Crippen LogP contribution in [-0.4, -0.2) is 51.7 Å². The molecule has 0 aliphatic rings. The van der Waals surface area contributed by atoms with Gasteiger partial charge in [-0.25, -0.2) is 0 Å². The van der Waals surface area contributed by atoms with Gasteiger partial charge in [0.25, 0.3) is 0 Å². The first-order chi connectivity index (χ1) is 7.99. The van der Waals surface area contributed by atoms with Crippen LogP contribution in [0.1, 0.15) is 34.1 Å². The predicted octanol–water partition coefficient (Wildman–Crippen LogP) is 1.83. The van der Waals surface area contributed by atoms with Crippen molar-refractivity contribution in [2.24, 2.45) is 0 Å². The summed E-state index contributed by atoms with van der Waals surface area (Å²) in [5, 5.41) is 3.39. The van der Waals surface area contributed by atoms with Crippen molar-refractivity contribution in [3.63, 3.8) is 0 Å². The fourth-order valence-corrected chi connectivity index (χ4v) is 1.35. The molecule has 0 spiro atoms. The van der Waals surface area contributed by atoms with Gasteiger partial charge in [-0.15, -0.1) is 0 Å². The standard InChI is InChI=1S/C13H29NO3/c1-6-7-14-12(10-15-5)11-16-8-9-17-13(2,3)4/h12,14H,6-11H2,1-5H3. The fourth-order valence-electron chi connectivity index (χ4n) is 1.35. The molecule has 0 saturated heterocycles. The monoisotopic (exact) mass is 247 g/mol. The van der Waals surface area contributed by atoms with Gasteiger partial charge in [0.05, 0.1) is 38.1 Å². The number of methoxy groups -OCH3 is 1. The van der Waals surface area contributed by atoms with Gasteiger partial charge in [0.2, 0.25) is 0 Å². The molecule has 1 N–H and O–H groups in total. The van der Waals surface area contributed by atoms with Crippen LogP contribution in [-0.2, 0) is 14.2 Å². The van der Waals surface area contributed by atoms with Crippen LogP contribution in [0.3, 0.4) is 0 Å². The second kappa shape index (κ2) is 9.83. The largest absolute Gasteiger partial charge is 0.383 e. The van der Waals surface area contributed by atoms with Crippen LogP contribution in [0, 0.1) is 0 Å². The third-order valence-electron chi connectivity index (χ3n) is 2.13. The highest BCUT2D eigenvalue weighted by atomic mass is 16.5. The highest BCUT2D eigenvalue weighted by molar-refractivity contribution is 4.64. The average Bonchev–Trinajstić information content (AvgIpc) is 2.23. The van der Waals surface area contributed by atoms with Crippen molar-refractivity contribution < 1.29 is 14.2 Å². The maximum atomic E-state index is 5.58. The van der Waals surface area contributed by atoms with Gasteiger partial charge < -0.3 is 19.5 Å². The van der Waals surface area contributed by atoms with Crippen LogP contribution < -0.4 is 5.32 Å². The topological polar surface area (TPSA) is 39.7 Å². The first-order valence-corrected chi connectivity index (χ1v) is 6.43. The summed E-state index contributed by atoms with van der Waals surface area (Å²) in [6.07, 6.45) is 1.12. The Morgan fingerprint density at radius 2 is 1.82 bits per heavy atom. The molecule has 0 fully saturated rings. The molecule has 0 aromatic carbocycles. The zero-order valence-electron chi connectivity index (χ0n) is 12.0. The summed E-state index contributed by atoms with van der Waals surface area (Å²) in [7, 11) is 1.71. The molecule has 0 amide bonds. The van der Waals surface area contributed by atoms with Gasteiger partial charge in [0.15, 0.2) is 0 Å². The fraction of sp³-hybridized carbons (Fsp3) is 1.00. The highest BCUT2D eigenvalue weighted by Crippen LogP contribution is 2.05. The quantitative estimate of drug-likeness (QED) is 0.598. The summed E-state index contributed by atoms with van der Waals surface area (Å²) in [6, 6.07) is 0.273. The van der Waals surface area contributed by atoms with Crippen molar-refractivity contribution in [2.75, 3.05) is 40.1 Å². The molecule has 0 bridgehead atoms. The van der Waals surface area contributed by atoms with Crippen LogP contribution in [0.25, 0.3) is 0 Å². The van der Waals surface area contributed by atoms with E-state index in [1.165, 1.54) is 0 Å². The van der Waals surface area contributed by atoms with Crippen LogP contribution in [0.5, 0.6) is 0 Å². The molecule has 0 heterocycles.